The quantitative estimate of drug-likeness (QED) is 0.271. The van der Waals surface area contributed by atoms with E-state index in [-0.39, 0.29) is 0 Å². The molecule has 0 amide bonds. The van der Waals surface area contributed by atoms with E-state index < -0.39 is 0 Å². The molecule has 0 unspecified atom stereocenters. The third kappa shape index (κ3) is 5.02. The molecule has 2 rings (SSSR count). The van der Waals surface area contributed by atoms with Gasteiger partial charge in [0.2, 0.25) is 5.96 Å². The zero-order chi connectivity index (χ0) is 18.1. The van der Waals surface area contributed by atoms with Gasteiger partial charge < -0.3 is 14.4 Å². The van der Waals surface area contributed by atoms with Crippen molar-refractivity contribution in [2.45, 2.75) is 45.6 Å². The van der Waals surface area contributed by atoms with Crippen LogP contribution in [0.5, 0.6) is 11.5 Å². The van der Waals surface area contributed by atoms with Crippen LogP contribution >= 0.6 is 0 Å². The van der Waals surface area contributed by atoms with E-state index in [0.717, 1.165) is 37.4 Å². The highest BCUT2D eigenvalue weighted by atomic mass is 16.5. The van der Waals surface area contributed by atoms with Crippen LogP contribution in [0.25, 0.3) is 0 Å². The van der Waals surface area contributed by atoms with Crippen LogP contribution in [-0.4, -0.2) is 38.2 Å². The topological polar surface area (TPSA) is 69.9 Å². The fraction of sp³-hybridized carbons (Fsp3) is 0.579. The van der Waals surface area contributed by atoms with Crippen molar-refractivity contribution in [3.8, 4) is 17.7 Å². The number of ether oxygens (including phenoxy) is 2. The molecule has 0 saturated carbocycles. The molecule has 136 valence electrons. The first-order valence-electron chi connectivity index (χ1n) is 8.91. The van der Waals surface area contributed by atoms with Crippen LogP contribution in [0.2, 0.25) is 0 Å². The van der Waals surface area contributed by atoms with Crippen molar-refractivity contribution in [2.24, 2.45) is 4.99 Å². The Morgan fingerprint density at radius 1 is 1.20 bits per heavy atom. The molecule has 1 N–H and O–H groups in total. The largest absolute Gasteiger partial charge is 0.493 e. The number of fused-ring (bicyclic) bond motifs is 1. The van der Waals surface area contributed by atoms with Crippen molar-refractivity contribution in [3.63, 3.8) is 0 Å². The van der Waals surface area contributed by atoms with Gasteiger partial charge >= 0.3 is 0 Å². The molecular formula is C19H28N4O2. The number of methoxy groups -OCH3 is 2. The normalized spacial score (nSPS) is 13.8. The van der Waals surface area contributed by atoms with Crippen LogP contribution < -0.4 is 14.8 Å². The number of guanidine groups is 1. The second kappa shape index (κ2) is 9.77. The number of nitrogens with one attached hydrogen (secondary N) is 1. The van der Waals surface area contributed by atoms with E-state index in [1.165, 1.54) is 30.4 Å². The maximum Gasteiger partial charge on any atom is 0.207 e. The van der Waals surface area contributed by atoms with Gasteiger partial charge in [-0.3, -0.25) is 10.3 Å². The first-order valence-corrected chi connectivity index (χ1v) is 8.91. The molecule has 0 bridgehead atoms. The molecular weight excluding hydrogens is 316 g/mol. The summed E-state index contributed by atoms with van der Waals surface area (Å²) in [4.78, 5) is 6.73. The van der Waals surface area contributed by atoms with Crippen molar-refractivity contribution >= 4 is 5.96 Å². The van der Waals surface area contributed by atoms with Gasteiger partial charge in [0.05, 0.1) is 14.2 Å². The summed E-state index contributed by atoms with van der Waals surface area (Å²) in [6.07, 6.45) is 7.58. The summed E-state index contributed by atoms with van der Waals surface area (Å²) < 4.78 is 10.8. The van der Waals surface area contributed by atoms with Crippen LogP contribution in [0.3, 0.4) is 0 Å². The molecule has 25 heavy (non-hydrogen) atoms. The summed E-state index contributed by atoms with van der Waals surface area (Å²) in [6.45, 7) is 4.47. The lowest BCUT2D eigenvalue weighted by molar-refractivity contribution is 0.346. The Morgan fingerprint density at radius 2 is 1.92 bits per heavy atom. The van der Waals surface area contributed by atoms with Gasteiger partial charge in [-0.05, 0) is 36.1 Å². The van der Waals surface area contributed by atoms with Crippen molar-refractivity contribution in [1.82, 2.24) is 10.2 Å². The molecule has 1 aromatic carbocycles. The molecule has 0 aliphatic carbocycles. The van der Waals surface area contributed by atoms with Crippen LogP contribution in [0, 0.1) is 11.5 Å². The van der Waals surface area contributed by atoms with E-state index in [9.17, 15) is 0 Å². The Kier molecular flexibility index (Phi) is 7.39. The molecule has 0 saturated heterocycles. The lowest BCUT2D eigenvalue weighted by Crippen LogP contribution is -2.42. The third-order valence-electron chi connectivity index (χ3n) is 4.46. The monoisotopic (exact) mass is 344 g/mol. The Morgan fingerprint density at radius 3 is 2.56 bits per heavy atom. The first kappa shape index (κ1) is 18.9. The Hall–Kier alpha value is -2.42. The number of hydrogen-bond acceptors (Lipinski definition) is 4. The molecule has 6 heteroatoms. The van der Waals surface area contributed by atoms with Gasteiger partial charge in [0.1, 0.15) is 0 Å². The molecule has 6 nitrogen and oxygen atoms in total. The van der Waals surface area contributed by atoms with Crippen LogP contribution in [-0.2, 0) is 13.0 Å². The minimum atomic E-state index is 0.666. The molecule has 1 aliphatic rings. The summed E-state index contributed by atoms with van der Waals surface area (Å²) in [7, 11) is 3.30. The Balaban J connectivity index is 2.10. The van der Waals surface area contributed by atoms with Gasteiger partial charge in [-0.2, -0.15) is 5.26 Å². The number of aliphatic imine (C=N–C) groups is 1. The number of nitrogens with zero attached hydrogens (tertiary/aromatic N) is 3. The van der Waals surface area contributed by atoms with Gasteiger partial charge in [0.25, 0.3) is 0 Å². The minimum Gasteiger partial charge on any atom is -0.493 e. The number of benzene rings is 1. The number of nitriles is 1. The molecule has 0 radical (unpaired) electrons. The molecule has 0 aromatic heterocycles. The number of rotatable bonds is 7. The highest BCUT2D eigenvalue weighted by molar-refractivity contribution is 5.81. The van der Waals surface area contributed by atoms with Crippen molar-refractivity contribution < 1.29 is 9.47 Å². The summed E-state index contributed by atoms with van der Waals surface area (Å²) in [5.41, 5.74) is 2.44. The highest BCUT2D eigenvalue weighted by Gasteiger charge is 2.21. The highest BCUT2D eigenvalue weighted by Crippen LogP contribution is 2.33. The van der Waals surface area contributed by atoms with E-state index in [0.29, 0.717) is 12.5 Å². The molecule has 1 aliphatic heterocycles. The second-order valence-electron chi connectivity index (χ2n) is 6.15. The van der Waals surface area contributed by atoms with Gasteiger partial charge in [-0.25, -0.2) is 0 Å². The smallest absolute Gasteiger partial charge is 0.207 e. The van der Waals surface area contributed by atoms with Crippen molar-refractivity contribution in [3.05, 3.63) is 23.3 Å². The fourth-order valence-corrected chi connectivity index (χ4v) is 3.06. The van der Waals surface area contributed by atoms with Crippen LogP contribution in [0.15, 0.2) is 17.1 Å². The number of hydrogen-bond donors (Lipinski definition) is 1. The molecule has 0 atom stereocenters. The predicted molar refractivity (Wildman–Crippen MR) is 98.9 cm³/mol. The molecule has 0 spiro atoms. The fourth-order valence-electron chi connectivity index (χ4n) is 3.06. The van der Waals surface area contributed by atoms with Crippen molar-refractivity contribution in [2.75, 3.05) is 27.3 Å². The zero-order valence-electron chi connectivity index (χ0n) is 15.5. The summed E-state index contributed by atoms with van der Waals surface area (Å²) in [6, 6.07) is 4.07. The lowest BCUT2D eigenvalue weighted by atomic mass is 9.99. The van der Waals surface area contributed by atoms with Crippen LogP contribution in [0.1, 0.15) is 43.7 Å². The summed E-state index contributed by atoms with van der Waals surface area (Å²) >= 11 is 0. The lowest BCUT2D eigenvalue weighted by Gasteiger charge is -2.31. The Labute approximate surface area is 150 Å². The molecule has 1 heterocycles. The Bertz CT molecular complexity index is 637. The maximum absolute atomic E-state index is 9.05. The SMILES string of the molecule is CCCCCCN=C(NC#N)N1CCc2cc(OC)c(OC)cc2C1. The minimum absolute atomic E-state index is 0.666. The predicted octanol–water partition coefficient (Wildman–Crippen LogP) is 3.07. The maximum atomic E-state index is 9.05. The first-order chi connectivity index (χ1) is 12.2. The van der Waals surface area contributed by atoms with Crippen molar-refractivity contribution in [1.29, 1.82) is 5.26 Å². The summed E-state index contributed by atoms with van der Waals surface area (Å²) in [5, 5.41) is 11.8. The standard InChI is InChI=1S/C19H28N4O2/c1-4-5-6-7-9-21-19(22-14-20)23-10-8-15-11-17(24-2)18(25-3)12-16(15)13-23/h11-12H,4-10,13H2,1-3H3,(H,21,22). The summed E-state index contributed by atoms with van der Waals surface area (Å²) in [5.74, 6) is 2.16. The van der Waals surface area contributed by atoms with Crippen LogP contribution in [0.4, 0.5) is 0 Å². The van der Waals surface area contributed by atoms with E-state index in [2.05, 4.69) is 22.1 Å². The van der Waals surface area contributed by atoms with Gasteiger partial charge in [-0.1, -0.05) is 26.2 Å². The second-order valence-corrected chi connectivity index (χ2v) is 6.15. The third-order valence-corrected chi connectivity index (χ3v) is 4.46. The van der Waals surface area contributed by atoms with Gasteiger partial charge in [0.15, 0.2) is 17.7 Å². The number of unbranched alkanes of at least 4 members (excludes halogenated alkanes) is 3. The van der Waals surface area contributed by atoms with Gasteiger partial charge in [0, 0.05) is 19.6 Å². The van der Waals surface area contributed by atoms with Gasteiger partial charge in [-0.15, -0.1) is 0 Å². The molecule has 0 fully saturated rings. The van der Waals surface area contributed by atoms with E-state index >= 15 is 0 Å². The zero-order valence-corrected chi connectivity index (χ0v) is 15.5. The van der Waals surface area contributed by atoms with E-state index in [1.807, 2.05) is 18.3 Å². The van der Waals surface area contributed by atoms with E-state index in [4.69, 9.17) is 14.7 Å². The average molecular weight is 344 g/mol. The molecule has 1 aromatic rings. The van der Waals surface area contributed by atoms with E-state index in [1.54, 1.807) is 14.2 Å². The average Bonchev–Trinajstić information content (AvgIpc) is 2.65.